The van der Waals surface area contributed by atoms with Crippen molar-refractivity contribution in [3.05, 3.63) is 0 Å². The smallest absolute Gasteiger partial charge is 0.00369 e. The number of alkyl halides is 2. The van der Waals surface area contributed by atoms with Crippen molar-refractivity contribution in [1.82, 2.24) is 0 Å². The lowest BCUT2D eigenvalue weighted by Gasteiger charge is -2.01. The highest BCUT2D eigenvalue weighted by Gasteiger charge is 1.93. The van der Waals surface area contributed by atoms with Crippen LogP contribution >= 0.6 is 53.4 Å². The van der Waals surface area contributed by atoms with Gasteiger partial charge in [-0.3, -0.25) is 0 Å². The van der Waals surface area contributed by atoms with Crippen LogP contribution in [0.2, 0.25) is 0 Å². The molecule has 0 N–H and O–H groups in total. The summed E-state index contributed by atoms with van der Waals surface area (Å²) in [4.78, 5) is 0. The summed E-state index contributed by atoms with van der Waals surface area (Å²) in [5.41, 5.74) is 0. The highest BCUT2D eigenvalue weighted by molar-refractivity contribution is 9.09. The fourth-order valence-electron chi connectivity index (χ4n) is 1.34. The van der Waals surface area contributed by atoms with Crippen LogP contribution < -0.4 is 0 Å². The van der Waals surface area contributed by atoms with Crippen molar-refractivity contribution in [2.75, 3.05) is 22.2 Å². The quantitative estimate of drug-likeness (QED) is 0.206. The summed E-state index contributed by atoms with van der Waals surface area (Å²) >= 11 is 6.93. The Kier molecular flexibility index (Phi) is 18.4. The van der Waals surface area contributed by atoms with Crippen LogP contribution in [0.5, 0.6) is 0 Å². The van der Waals surface area contributed by atoms with Crippen LogP contribution in [-0.2, 0) is 0 Å². The molecule has 0 atom stereocenters. The van der Waals surface area contributed by atoms with Crippen LogP contribution in [0.3, 0.4) is 0 Å². The normalized spacial score (nSPS) is 10.9. The predicted octanol–water partition coefficient (Wildman–Crippen LogP) is 6.28. The van der Waals surface area contributed by atoms with E-state index in [1.807, 2.05) is 0 Å². The molecule has 16 heavy (non-hydrogen) atoms. The van der Waals surface area contributed by atoms with E-state index in [0.717, 1.165) is 0 Å². The van der Waals surface area contributed by atoms with Gasteiger partial charge in [-0.2, -0.15) is 0 Å². The van der Waals surface area contributed by atoms with Crippen molar-refractivity contribution >= 4 is 53.4 Å². The van der Waals surface area contributed by atoms with Crippen LogP contribution in [0.1, 0.15) is 51.4 Å². The molecule has 0 fully saturated rings. The van der Waals surface area contributed by atoms with Crippen LogP contribution in [0.4, 0.5) is 0 Å². The fraction of sp³-hybridized carbons (Fsp3) is 1.00. The van der Waals surface area contributed by atoms with Gasteiger partial charge in [0.1, 0.15) is 0 Å². The molecule has 0 rings (SSSR count). The average Bonchev–Trinajstić information content (AvgIpc) is 2.31. The molecule has 0 aromatic heterocycles. The van der Waals surface area contributed by atoms with Crippen molar-refractivity contribution in [1.29, 1.82) is 0 Å². The topological polar surface area (TPSA) is 0 Å². The Hall–Kier alpha value is 1.66. The lowest BCUT2D eigenvalue weighted by Crippen LogP contribution is -1.83. The third-order valence-corrected chi connectivity index (χ3v) is 6.00. The number of halogens is 2. The molecule has 0 saturated heterocycles. The van der Waals surface area contributed by atoms with Crippen molar-refractivity contribution < 1.29 is 0 Å². The molecule has 0 unspecified atom stereocenters. The molecule has 4 heteroatoms. The van der Waals surface area contributed by atoms with Gasteiger partial charge in [0.15, 0.2) is 0 Å². The molecule has 0 aromatic rings. The summed E-state index contributed by atoms with van der Waals surface area (Å²) < 4.78 is 0. The van der Waals surface area contributed by atoms with Gasteiger partial charge in [0, 0.05) is 22.2 Å². The van der Waals surface area contributed by atoms with Gasteiger partial charge >= 0.3 is 0 Å². The first-order valence-electron chi connectivity index (χ1n) is 6.28. The molecule has 0 radical (unpaired) electrons. The summed E-state index contributed by atoms with van der Waals surface area (Å²) in [6, 6.07) is 0. The Morgan fingerprint density at radius 3 is 1.25 bits per heavy atom. The number of unbranched alkanes of at least 4 members (excludes halogenated alkanes) is 6. The summed E-state index contributed by atoms with van der Waals surface area (Å²) in [5, 5.41) is 2.34. The van der Waals surface area contributed by atoms with Crippen molar-refractivity contribution in [3.8, 4) is 0 Å². The van der Waals surface area contributed by atoms with E-state index in [0.29, 0.717) is 0 Å². The molecular weight excluding hydrogens is 368 g/mol. The zero-order chi connectivity index (χ0) is 11.9. The van der Waals surface area contributed by atoms with Crippen molar-refractivity contribution in [2.45, 2.75) is 51.4 Å². The van der Waals surface area contributed by atoms with Gasteiger partial charge in [0.05, 0.1) is 0 Å². The lowest BCUT2D eigenvalue weighted by atomic mass is 10.2. The Morgan fingerprint density at radius 2 is 0.875 bits per heavy atom. The Labute approximate surface area is 126 Å². The number of hydrogen-bond donors (Lipinski definition) is 0. The molecule has 0 aliphatic rings. The molecule has 0 nitrogen and oxygen atoms in total. The highest BCUT2D eigenvalue weighted by atomic mass is 79.9. The molecule has 98 valence electrons. The van der Waals surface area contributed by atoms with E-state index in [2.05, 4.69) is 53.4 Å². The van der Waals surface area contributed by atoms with Crippen LogP contribution in [0.25, 0.3) is 0 Å². The van der Waals surface area contributed by atoms with Gasteiger partial charge in [0.25, 0.3) is 0 Å². The predicted molar refractivity (Wildman–Crippen MR) is 89.4 cm³/mol. The van der Waals surface area contributed by atoms with Crippen LogP contribution in [-0.4, -0.2) is 22.2 Å². The minimum Gasteiger partial charge on any atom is -0.0942 e. The molecule has 0 saturated carbocycles. The maximum absolute atomic E-state index is 3.47. The largest absolute Gasteiger partial charge is 0.0942 e. The molecule has 0 bridgehead atoms. The first-order chi connectivity index (χ1) is 7.91. The average molecular weight is 392 g/mol. The van der Waals surface area contributed by atoms with Gasteiger partial charge in [-0.25, -0.2) is 0 Å². The van der Waals surface area contributed by atoms with E-state index in [-0.39, 0.29) is 0 Å². The van der Waals surface area contributed by atoms with Crippen molar-refractivity contribution in [2.24, 2.45) is 0 Å². The first-order valence-corrected chi connectivity index (χ1v) is 11.0. The maximum atomic E-state index is 3.47. The molecule has 0 heterocycles. The van der Waals surface area contributed by atoms with Crippen molar-refractivity contribution in [3.63, 3.8) is 0 Å². The summed E-state index contributed by atoms with van der Waals surface area (Å²) in [5.74, 6) is 2.68. The van der Waals surface area contributed by atoms with Gasteiger partial charge in [-0.05, 0) is 25.7 Å². The molecule has 0 aromatic carbocycles. The van der Waals surface area contributed by atoms with E-state index in [1.54, 1.807) is 0 Å². The lowest BCUT2D eigenvalue weighted by molar-refractivity contribution is 0.712. The molecule has 0 amide bonds. The first kappa shape index (κ1) is 17.7. The fourth-order valence-corrected chi connectivity index (χ4v) is 4.42. The Bertz CT molecular complexity index is 110. The molecular formula is C12H24Br2S2. The summed E-state index contributed by atoms with van der Waals surface area (Å²) in [6.45, 7) is 0. The summed E-state index contributed by atoms with van der Waals surface area (Å²) in [6.07, 6.45) is 11.1. The maximum Gasteiger partial charge on any atom is 0.00369 e. The van der Waals surface area contributed by atoms with Gasteiger partial charge in [-0.1, -0.05) is 79.1 Å². The monoisotopic (exact) mass is 390 g/mol. The third-order valence-electron chi connectivity index (χ3n) is 2.31. The van der Waals surface area contributed by atoms with E-state index in [1.165, 1.54) is 73.5 Å². The minimum absolute atomic E-state index is 1.17. The zero-order valence-electron chi connectivity index (χ0n) is 10.1. The second-order valence-electron chi connectivity index (χ2n) is 3.85. The molecule has 0 spiro atoms. The number of hydrogen-bond acceptors (Lipinski definition) is 2. The van der Waals surface area contributed by atoms with Crippen LogP contribution in [0.15, 0.2) is 0 Å². The van der Waals surface area contributed by atoms with Gasteiger partial charge in [-0.15, -0.1) is 0 Å². The second kappa shape index (κ2) is 16.7. The Balaban J connectivity index is 2.83. The highest BCUT2D eigenvalue weighted by Crippen LogP contribution is 2.24. The standard InChI is InChI=1S/C12H24Br2S2/c13-9-5-1-3-7-11-15-16-12-8-4-2-6-10-14/h1-12H2. The van der Waals surface area contributed by atoms with Gasteiger partial charge in [0.2, 0.25) is 0 Å². The third kappa shape index (κ3) is 15.7. The zero-order valence-corrected chi connectivity index (χ0v) is 14.9. The number of rotatable bonds is 13. The summed E-state index contributed by atoms with van der Waals surface area (Å²) in [7, 11) is 4.14. The van der Waals surface area contributed by atoms with Crippen LogP contribution in [0, 0.1) is 0 Å². The Morgan fingerprint density at radius 1 is 0.500 bits per heavy atom. The molecule has 0 aliphatic heterocycles. The van der Waals surface area contributed by atoms with E-state index < -0.39 is 0 Å². The van der Waals surface area contributed by atoms with E-state index in [9.17, 15) is 0 Å². The van der Waals surface area contributed by atoms with Gasteiger partial charge < -0.3 is 0 Å². The SMILES string of the molecule is BrCCCCCCSSCCCCCCBr. The van der Waals surface area contributed by atoms with E-state index >= 15 is 0 Å². The second-order valence-corrected chi connectivity index (χ2v) is 8.14. The molecule has 0 aliphatic carbocycles. The minimum atomic E-state index is 1.17. The van der Waals surface area contributed by atoms with E-state index in [4.69, 9.17) is 0 Å².